The maximum Gasteiger partial charge on any atom is 0.165 e. The largest absolute Gasteiger partial charge is 0.493 e. The van der Waals surface area contributed by atoms with E-state index in [-0.39, 0.29) is 0 Å². The molecule has 0 aliphatic rings. The summed E-state index contributed by atoms with van der Waals surface area (Å²) in [7, 11) is 3.39. The lowest BCUT2D eigenvalue weighted by Crippen LogP contribution is -2.13. The Kier molecular flexibility index (Phi) is 8.02. The highest BCUT2D eigenvalue weighted by Gasteiger charge is 2.09. The minimum Gasteiger partial charge on any atom is -0.493 e. The standard InChI is InChI=1S/C15H25NO3/c1-4-16-12-13-8-7-9-14(18-3)15(13)19-11-6-5-10-17-2/h7-9,16H,4-6,10-12H2,1-3H3. The van der Waals surface area contributed by atoms with Crippen LogP contribution in [0.15, 0.2) is 18.2 Å². The number of nitrogens with one attached hydrogen (secondary N) is 1. The van der Waals surface area contributed by atoms with Crippen LogP contribution in [-0.4, -0.2) is 34.0 Å². The van der Waals surface area contributed by atoms with Gasteiger partial charge in [-0.3, -0.25) is 0 Å². The van der Waals surface area contributed by atoms with Gasteiger partial charge >= 0.3 is 0 Å². The van der Waals surface area contributed by atoms with Crippen molar-refractivity contribution in [2.75, 3.05) is 34.0 Å². The second kappa shape index (κ2) is 9.64. The lowest BCUT2D eigenvalue weighted by atomic mass is 10.2. The van der Waals surface area contributed by atoms with Crippen molar-refractivity contribution in [1.29, 1.82) is 0 Å². The van der Waals surface area contributed by atoms with Gasteiger partial charge in [0.15, 0.2) is 11.5 Å². The van der Waals surface area contributed by atoms with Crippen LogP contribution in [0, 0.1) is 0 Å². The van der Waals surface area contributed by atoms with Crippen LogP contribution in [0.25, 0.3) is 0 Å². The van der Waals surface area contributed by atoms with Crippen molar-refractivity contribution in [2.45, 2.75) is 26.3 Å². The molecule has 0 bridgehead atoms. The molecule has 0 aromatic heterocycles. The summed E-state index contributed by atoms with van der Waals surface area (Å²) >= 11 is 0. The number of hydrogen-bond donors (Lipinski definition) is 1. The molecule has 0 atom stereocenters. The van der Waals surface area contributed by atoms with Crippen molar-refractivity contribution in [3.63, 3.8) is 0 Å². The molecule has 4 heteroatoms. The Balaban J connectivity index is 2.60. The smallest absolute Gasteiger partial charge is 0.165 e. The van der Waals surface area contributed by atoms with Gasteiger partial charge in [0.1, 0.15) is 0 Å². The molecule has 0 aliphatic heterocycles. The number of benzene rings is 1. The van der Waals surface area contributed by atoms with Gasteiger partial charge in [-0.25, -0.2) is 0 Å². The van der Waals surface area contributed by atoms with Gasteiger partial charge in [0.05, 0.1) is 13.7 Å². The van der Waals surface area contributed by atoms with E-state index < -0.39 is 0 Å². The Morgan fingerprint density at radius 3 is 2.58 bits per heavy atom. The Morgan fingerprint density at radius 1 is 1.11 bits per heavy atom. The van der Waals surface area contributed by atoms with Gasteiger partial charge in [-0.05, 0) is 25.5 Å². The van der Waals surface area contributed by atoms with Crippen molar-refractivity contribution in [3.8, 4) is 11.5 Å². The van der Waals surface area contributed by atoms with E-state index in [1.54, 1.807) is 14.2 Å². The quantitative estimate of drug-likeness (QED) is 0.661. The van der Waals surface area contributed by atoms with Crippen LogP contribution in [0.1, 0.15) is 25.3 Å². The third-order valence-corrected chi connectivity index (χ3v) is 2.84. The Morgan fingerprint density at radius 2 is 1.89 bits per heavy atom. The van der Waals surface area contributed by atoms with E-state index in [2.05, 4.69) is 18.3 Å². The maximum atomic E-state index is 5.88. The minimum atomic E-state index is 0.683. The van der Waals surface area contributed by atoms with E-state index in [0.717, 1.165) is 49.6 Å². The van der Waals surface area contributed by atoms with E-state index in [0.29, 0.717) is 6.61 Å². The molecule has 0 aliphatic carbocycles. The molecule has 0 radical (unpaired) electrons. The number of hydrogen-bond acceptors (Lipinski definition) is 4. The van der Waals surface area contributed by atoms with Crippen LogP contribution in [0.3, 0.4) is 0 Å². The molecular weight excluding hydrogens is 242 g/mol. The lowest BCUT2D eigenvalue weighted by molar-refractivity contribution is 0.183. The molecule has 1 N–H and O–H groups in total. The van der Waals surface area contributed by atoms with E-state index >= 15 is 0 Å². The van der Waals surface area contributed by atoms with Gasteiger partial charge in [0.25, 0.3) is 0 Å². The van der Waals surface area contributed by atoms with Gasteiger partial charge in [0, 0.05) is 25.8 Å². The first-order chi connectivity index (χ1) is 9.33. The summed E-state index contributed by atoms with van der Waals surface area (Å²) < 4.78 is 16.3. The monoisotopic (exact) mass is 267 g/mol. The van der Waals surface area contributed by atoms with Crippen molar-refractivity contribution < 1.29 is 14.2 Å². The topological polar surface area (TPSA) is 39.7 Å². The average Bonchev–Trinajstić information content (AvgIpc) is 2.45. The molecule has 1 aromatic rings. The summed E-state index contributed by atoms with van der Waals surface area (Å²) in [4.78, 5) is 0. The fourth-order valence-corrected chi connectivity index (χ4v) is 1.81. The zero-order valence-electron chi connectivity index (χ0n) is 12.2. The molecule has 0 saturated carbocycles. The predicted octanol–water partition coefficient (Wildman–Crippen LogP) is 2.61. The first-order valence-corrected chi connectivity index (χ1v) is 6.81. The molecule has 1 rings (SSSR count). The fraction of sp³-hybridized carbons (Fsp3) is 0.600. The average molecular weight is 267 g/mol. The summed E-state index contributed by atoms with van der Waals surface area (Å²) in [6, 6.07) is 5.99. The highest BCUT2D eigenvalue weighted by molar-refractivity contribution is 5.46. The highest BCUT2D eigenvalue weighted by atomic mass is 16.5. The molecule has 0 spiro atoms. The van der Waals surface area contributed by atoms with E-state index in [9.17, 15) is 0 Å². The summed E-state index contributed by atoms with van der Waals surface area (Å²) in [6.07, 6.45) is 1.99. The summed E-state index contributed by atoms with van der Waals surface area (Å²) in [5.74, 6) is 1.64. The zero-order chi connectivity index (χ0) is 13.9. The second-order valence-electron chi connectivity index (χ2n) is 4.28. The zero-order valence-corrected chi connectivity index (χ0v) is 12.2. The maximum absolute atomic E-state index is 5.88. The second-order valence-corrected chi connectivity index (χ2v) is 4.28. The molecule has 0 heterocycles. The molecular formula is C15H25NO3. The van der Waals surface area contributed by atoms with Crippen LogP contribution in [-0.2, 0) is 11.3 Å². The van der Waals surface area contributed by atoms with Crippen molar-refractivity contribution in [2.24, 2.45) is 0 Å². The van der Waals surface area contributed by atoms with Gasteiger partial charge in [-0.2, -0.15) is 0 Å². The van der Waals surface area contributed by atoms with E-state index in [4.69, 9.17) is 14.2 Å². The number of unbranched alkanes of at least 4 members (excludes halogenated alkanes) is 1. The van der Waals surface area contributed by atoms with Gasteiger partial charge in [-0.1, -0.05) is 19.1 Å². The predicted molar refractivity (Wildman–Crippen MR) is 77.0 cm³/mol. The van der Waals surface area contributed by atoms with Gasteiger partial charge in [-0.15, -0.1) is 0 Å². The Labute approximate surface area is 116 Å². The van der Waals surface area contributed by atoms with Crippen LogP contribution in [0.2, 0.25) is 0 Å². The highest BCUT2D eigenvalue weighted by Crippen LogP contribution is 2.31. The van der Waals surface area contributed by atoms with Crippen molar-refractivity contribution in [1.82, 2.24) is 5.32 Å². The van der Waals surface area contributed by atoms with Crippen LogP contribution in [0.5, 0.6) is 11.5 Å². The summed E-state index contributed by atoms with van der Waals surface area (Å²) in [5, 5.41) is 3.31. The number of rotatable bonds is 10. The van der Waals surface area contributed by atoms with Crippen LogP contribution in [0.4, 0.5) is 0 Å². The summed E-state index contributed by atoms with van der Waals surface area (Å²) in [5.41, 5.74) is 1.13. The van der Waals surface area contributed by atoms with Crippen molar-refractivity contribution in [3.05, 3.63) is 23.8 Å². The molecule has 0 saturated heterocycles. The number of para-hydroxylation sites is 1. The third kappa shape index (κ3) is 5.49. The van der Waals surface area contributed by atoms with E-state index in [1.165, 1.54) is 0 Å². The molecule has 19 heavy (non-hydrogen) atoms. The van der Waals surface area contributed by atoms with Gasteiger partial charge in [0.2, 0.25) is 0 Å². The first kappa shape index (κ1) is 15.8. The molecule has 0 unspecified atom stereocenters. The van der Waals surface area contributed by atoms with Crippen LogP contribution >= 0.6 is 0 Å². The fourth-order valence-electron chi connectivity index (χ4n) is 1.81. The molecule has 4 nitrogen and oxygen atoms in total. The Hall–Kier alpha value is -1.26. The number of methoxy groups -OCH3 is 2. The SMILES string of the molecule is CCNCc1cccc(OC)c1OCCCCOC. The molecule has 108 valence electrons. The molecule has 1 aromatic carbocycles. The lowest BCUT2D eigenvalue weighted by Gasteiger charge is -2.15. The number of ether oxygens (including phenoxy) is 3. The first-order valence-electron chi connectivity index (χ1n) is 6.81. The van der Waals surface area contributed by atoms with Gasteiger partial charge < -0.3 is 19.5 Å². The normalized spacial score (nSPS) is 10.5. The van der Waals surface area contributed by atoms with Crippen molar-refractivity contribution >= 4 is 0 Å². The van der Waals surface area contributed by atoms with E-state index in [1.807, 2.05) is 12.1 Å². The molecule has 0 fully saturated rings. The minimum absolute atomic E-state index is 0.683. The Bertz CT molecular complexity index is 355. The van der Waals surface area contributed by atoms with Crippen LogP contribution < -0.4 is 14.8 Å². The summed E-state index contributed by atoms with van der Waals surface area (Å²) in [6.45, 7) is 5.28. The molecule has 0 amide bonds. The third-order valence-electron chi connectivity index (χ3n) is 2.84.